The van der Waals surface area contributed by atoms with Crippen LogP contribution in [0.3, 0.4) is 0 Å². The van der Waals surface area contributed by atoms with E-state index < -0.39 is 5.97 Å². The molecule has 0 radical (unpaired) electrons. The molecule has 5 nitrogen and oxygen atoms in total. The van der Waals surface area contributed by atoms with Crippen LogP contribution in [0.5, 0.6) is 0 Å². The van der Waals surface area contributed by atoms with Crippen LogP contribution >= 0.6 is 0 Å². The van der Waals surface area contributed by atoms with Crippen molar-refractivity contribution in [2.45, 2.75) is 19.9 Å². The summed E-state index contributed by atoms with van der Waals surface area (Å²) in [5.74, 6) is -0.941. The molecular formula is C18H17N3O2. The molecule has 1 N–H and O–H groups in total. The van der Waals surface area contributed by atoms with Crippen molar-refractivity contribution in [3.8, 4) is 0 Å². The Kier molecular flexibility index (Phi) is 4.19. The lowest BCUT2D eigenvalue weighted by molar-refractivity contribution is 0.0695. The van der Waals surface area contributed by atoms with Gasteiger partial charge in [0.25, 0.3) is 0 Å². The molecule has 0 saturated carbocycles. The topological polar surface area (TPSA) is 68.0 Å². The first-order valence-electron chi connectivity index (χ1n) is 7.36. The fourth-order valence-electron chi connectivity index (χ4n) is 2.54. The van der Waals surface area contributed by atoms with E-state index in [0.717, 1.165) is 11.3 Å². The smallest absolute Gasteiger partial charge is 0.336 e. The summed E-state index contributed by atoms with van der Waals surface area (Å²) in [6.07, 6.45) is 5.54. The third kappa shape index (κ3) is 3.45. The van der Waals surface area contributed by atoms with Crippen molar-refractivity contribution in [2.24, 2.45) is 0 Å². The van der Waals surface area contributed by atoms with Crippen LogP contribution in [0.2, 0.25) is 0 Å². The number of benzene rings is 1. The van der Waals surface area contributed by atoms with E-state index in [2.05, 4.69) is 22.2 Å². The molecule has 116 valence electrons. The highest BCUT2D eigenvalue weighted by Crippen LogP contribution is 2.16. The summed E-state index contributed by atoms with van der Waals surface area (Å²) < 4.78 is 1.89. The van der Waals surface area contributed by atoms with Crippen LogP contribution in [0, 0.1) is 6.92 Å². The van der Waals surface area contributed by atoms with Gasteiger partial charge in [0.15, 0.2) is 0 Å². The molecule has 23 heavy (non-hydrogen) atoms. The number of carboxylic acids is 1. The van der Waals surface area contributed by atoms with Gasteiger partial charge in [-0.05, 0) is 29.7 Å². The van der Waals surface area contributed by atoms with E-state index in [-0.39, 0.29) is 5.56 Å². The predicted octanol–water partition coefficient (Wildman–Crippen LogP) is 2.92. The third-order valence-corrected chi connectivity index (χ3v) is 3.73. The largest absolute Gasteiger partial charge is 0.478 e. The van der Waals surface area contributed by atoms with Crippen molar-refractivity contribution < 1.29 is 9.90 Å². The number of hydrogen-bond donors (Lipinski definition) is 1. The molecule has 0 unspecified atom stereocenters. The summed E-state index contributed by atoms with van der Waals surface area (Å²) in [6, 6.07) is 11.6. The summed E-state index contributed by atoms with van der Waals surface area (Å²) in [5.41, 5.74) is 4.04. The van der Waals surface area contributed by atoms with Gasteiger partial charge in [-0.15, -0.1) is 0 Å². The highest BCUT2D eigenvalue weighted by Gasteiger charge is 2.13. The van der Waals surface area contributed by atoms with E-state index >= 15 is 0 Å². The van der Waals surface area contributed by atoms with Crippen LogP contribution in [-0.4, -0.2) is 25.8 Å². The van der Waals surface area contributed by atoms with Gasteiger partial charge in [-0.25, -0.2) is 4.79 Å². The lowest BCUT2D eigenvalue weighted by Gasteiger charge is -2.04. The molecule has 3 aromatic rings. The van der Waals surface area contributed by atoms with Crippen LogP contribution in [0.15, 0.2) is 55.0 Å². The number of carboxylic acid groups (broad SMARTS) is 1. The number of aryl methyl sites for hydroxylation is 1. The molecule has 0 fully saturated rings. The minimum absolute atomic E-state index is 0.275. The highest BCUT2D eigenvalue weighted by molar-refractivity contribution is 5.89. The molecule has 0 amide bonds. The Morgan fingerprint density at radius 3 is 2.74 bits per heavy atom. The van der Waals surface area contributed by atoms with Gasteiger partial charge in [-0.3, -0.25) is 9.67 Å². The Hall–Kier alpha value is -2.95. The number of hydrogen-bond acceptors (Lipinski definition) is 3. The van der Waals surface area contributed by atoms with Gasteiger partial charge in [-0.2, -0.15) is 5.10 Å². The van der Waals surface area contributed by atoms with E-state index in [9.17, 15) is 9.90 Å². The van der Waals surface area contributed by atoms with Crippen molar-refractivity contribution in [3.05, 3.63) is 82.9 Å². The van der Waals surface area contributed by atoms with E-state index in [1.54, 1.807) is 6.20 Å². The zero-order valence-electron chi connectivity index (χ0n) is 12.8. The molecule has 1 aromatic carbocycles. The molecule has 0 atom stereocenters. The molecule has 2 heterocycles. The van der Waals surface area contributed by atoms with Crippen molar-refractivity contribution in [1.29, 1.82) is 0 Å². The quantitative estimate of drug-likeness (QED) is 0.787. The summed E-state index contributed by atoms with van der Waals surface area (Å²) in [7, 11) is 0. The van der Waals surface area contributed by atoms with Crippen LogP contribution in [0.4, 0.5) is 0 Å². The van der Waals surface area contributed by atoms with Gasteiger partial charge in [0.05, 0.1) is 17.8 Å². The zero-order valence-corrected chi connectivity index (χ0v) is 12.8. The zero-order chi connectivity index (χ0) is 16.2. The first-order chi connectivity index (χ1) is 11.1. The van der Waals surface area contributed by atoms with Crippen LogP contribution in [-0.2, 0) is 13.0 Å². The second-order valence-corrected chi connectivity index (χ2v) is 5.46. The molecule has 0 bridgehead atoms. The predicted molar refractivity (Wildman–Crippen MR) is 86.5 cm³/mol. The van der Waals surface area contributed by atoms with Crippen molar-refractivity contribution >= 4 is 5.97 Å². The fraction of sp³-hybridized carbons (Fsp3) is 0.167. The standard InChI is InChI=1S/C18H17N3O2/c1-13-11-21(12-14-5-3-2-4-6-14)20-17(13)9-15-10-19-8-7-16(15)18(22)23/h2-8,10-11H,9,12H2,1H3,(H,22,23). The summed E-state index contributed by atoms with van der Waals surface area (Å²) in [6.45, 7) is 2.68. The second-order valence-electron chi connectivity index (χ2n) is 5.46. The molecule has 0 spiro atoms. The first-order valence-corrected chi connectivity index (χ1v) is 7.36. The van der Waals surface area contributed by atoms with Gasteiger partial charge in [0.1, 0.15) is 0 Å². The summed E-state index contributed by atoms with van der Waals surface area (Å²) >= 11 is 0. The molecule has 0 saturated heterocycles. The van der Waals surface area contributed by atoms with Gasteiger partial charge in [0, 0.05) is 25.0 Å². The Morgan fingerprint density at radius 1 is 1.22 bits per heavy atom. The number of carbonyl (C=O) groups is 1. The molecule has 0 aliphatic heterocycles. The van der Waals surface area contributed by atoms with Crippen LogP contribution in [0.1, 0.15) is 32.7 Å². The normalized spacial score (nSPS) is 10.7. The average Bonchev–Trinajstić information content (AvgIpc) is 2.88. The highest BCUT2D eigenvalue weighted by atomic mass is 16.4. The average molecular weight is 307 g/mol. The SMILES string of the molecule is Cc1cn(Cc2ccccc2)nc1Cc1cnccc1C(=O)O. The Bertz CT molecular complexity index is 825. The maximum Gasteiger partial charge on any atom is 0.336 e. The van der Waals surface area contributed by atoms with Crippen LogP contribution < -0.4 is 0 Å². The number of rotatable bonds is 5. The van der Waals surface area contributed by atoms with Gasteiger partial charge in [0.2, 0.25) is 0 Å². The maximum atomic E-state index is 11.3. The van der Waals surface area contributed by atoms with Crippen LogP contribution in [0.25, 0.3) is 0 Å². The Morgan fingerprint density at radius 2 is 2.00 bits per heavy atom. The number of aromatic carboxylic acids is 1. The van der Waals surface area contributed by atoms with E-state index in [1.165, 1.54) is 17.8 Å². The minimum atomic E-state index is -0.941. The number of pyridine rings is 1. The van der Waals surface area contributed by atoms with Gasteiger partial charge in [-0.1, -0.05) is 30.3 Å². The Balaban J connectivity index is 1.83. The monoisotopic (exact) mass is 307 g/mol. The molecule has 5 heteroatoms. The van der Waals surface area contributed by atoms with Crippen molar-refractivity contribution in [3.63, 3.8) is 0 Å². The lowest BCUT2D eigenvalue weighted by atomic mass is 10.0. The number of nitrogens with zero attached hydrogens (tertiary/aromatic N) is 3. The first kappa shape index (κ1) is 15.0. The minimum Gasteiger partial charge on any atom is -0.478 e. The number of aromatic nitrogens is 3. The van der Waals surface area contributed by atoms with E-state index in [4.69, 9.17) is 0 Å². The maximum absolute atomic E-state index is 11.3. The van der Waals surface area contributed by atoms with E-state index in [0.29, 0.717) is 18.5 Å². The summed E-state index contributed by atoms with van der Waals surface area (Å²) in [4.78, 5) is 15.3. The van der Waals surface area contributed by atoms with Gasteiger partial charge >= 0.3 is 5.97 Å². The Labute approximate surface area is 134 Å². The summed E-state index contributed by atoms with van der Waals surface area (Å²) in [5, 5.41) is 13.9. The molecular weight excluding hydrogens is 290 g/mol. The van der Waals surface area contributed by atoms with Gasteiger partial charge < -0.3 is 5.11 Å². The van der Waals surface area contributed by atoms with Crippen molar-refractivity contribution in [1.82, 2.24) is 14.8 Å². The lowest BCUT2D eigenvalue weighted by Crippen LogP contribution is -2.05. The molecule has 2 aromatic heterocycles. The fourth-order valence-corrected chi connectivity index (χ4v) is 2.54. The van der Waals surface area contributed by atoms with E-state index in [1.807, 2.05) is 36.0 Å². The van der Waals surface area contributed by atoms with Crippen molar-refractivity contribution in [2.75, 3.05) is 0 Å². The molecule has 3 rings (SSSR count). The molecule has 0 aliphatic rings. The molecule has 0 aliphatic carbocycles. The second kappa shape index (κ2) is 6.44. The third-order valence-electron chi connectivity index (χ3n) is 3.73.